The van der Waals surface area contributed by atoms with Crippen molar-refractivity contribution in [2.45, 2.75) is 64.4 Å². The normalized spacial score (nSPS) is 17.9. The van der Waals surface area contributed by atoms with Gasteiger partial charge in [-0.25, -0.2) is 4.79 Å². The molecule has 0 aliphatic carbocycles. The van der Waals surface area contributed by atoms with Crippen LogP contribution in [0.4, 0.5) is 4.79 Å². The summed E-state index contributed by atoms with van der Waals surface area (Å²) in [4.78, 5) is 14.1. The van der Waals surface area contributed by atoms with Crippen LogP contribution in [0.25, 0.3) is 0 Å². The number of ether oxygens (including phenoxy) is 1. The van der Waals surface area contributed by atoms with Crippen molar-refractivity contribution >= 4 is 17.7 Å². The van der Waals surface area contributed by atoms with Crippen LogP contribution in [0.2, 0.25) is 5.02 Å². The summed E-state index contributed by atoms with van der Waals surface area (Å²) in [6.45, 7) is 9.44. The van der Waals surface area contributed by atoms with Gasteiger partial charge >= 0.3 is 6.09 Å². The monoisotopic (exact) mass is 337 g/mol. The van der Waals surface area contributed by atoms with Gasteiger partial charge in [0, 0.05) is 18.1 Å². The molecule has 1 aromatic rings. The Hall–Kier alpha value is -1.22. The summed E-state index contributed by atoms with van der Waals surface area (Å²) < 4.78 is 5.50. The maximum Gasteiger partial charge on any atom is 0.410 e. The molecule has 3 nitrogen and oxygen atoms in total. The molecule has 1 aromatic carbocycles. The SMILES string of the molecule is CCCC1(c2ccc(Cl)cc2)CCN(C(=O)OC(C)(C)C)CC1. The number of halogens is 1. The summed E-state index contributed by atoms with van der Waals surface area (Å²) in [7, 11) is 0. The molecule has 0 atom stereocenters. The molecule has 2 rings (SSSR count). The third-order valence-corrected chi connectivity index (χ3v) is 4.81. The lowest BCUT2D eigenvalue weighted by atomic mass is 9.70. The highest BCUT2D eigenvalue weighted by atomic mass is 35.5. The van der Waals surface area contributed by atoms with Gasteiger partial charge in [0.15, 0.2) is 0 Å². The van der Waals surface area contributed by atoms with Gasteiger partial charge in [0.1, 0.15) is 5.60 Å². The smallest absolute Gasteiger partial charge is 0.410 e. The Labute approximate surface area is 145 Å². The predicted molar refractivity (Wildman–Crippen MR) is 95.1 cm³/mol. The lowest BCUT2D eigenvalue weighted by Gasteiger charge is -2.42. The van der Waals surface area contributed by atoms with E-state index in [-0.39, 0.29) is 11.5 Å². The van der Waals surface area contributed by atoms with Crippen LogP contribution in [0, 0.1) is 0 Å². The number of piperidine rings is 1. The zero-order valence-electron chi connectivity index (χ0n) is 14.7. The van der Waals surface area contributed by atoms with Gasteiger partial charge in [-0.1, -0.05) is 37.1 Å². The molecule has 128 valence electrons. The second kappa shape index (κ2) is 7.12. The second-order valence-corrected chi connectivity index (χ2v) is 7.94. The van der Waals surface area contributed by atoms with E-state index >= 15 is 0 Å². The standard InChI is InChI=1S/C19H28ClNO2/c1-5-10-19(15-6-8-16(20)9-7-15)11-13-21(14-12-19)17(22)23-18(2,3)4/h6-9H,5,10-14H2,1-4H3. The fourth-order valence-electron chi connectivity index (χ4n) is 3.41. The van der Waals surface area contributed by atoms with E-state index in [9.17, 15) is 4.79 Å². The van der Waals surface area contributed by atoms with Gasteiger partial charge in [0.25, 0.3) is 0 Å². The highest BCUT2D eigenvalue weighted by Crippen LogP contribution is 2.40. The van der Waals surface area contributed by atoms with Gasteiger partial charge in [0.05, 0.1) is 0 Å². The van der Waals surface area contributed by atoms with Crippen molar-refractivity contribution in [2.24, 2.45) is 0 Å². The van der Waals surface area contributed by atoms with Crippen molar-refractivity contribution in [3.8, 4) is 0 Å². The maximum absolute atomic E-state index is 12.3. The Bertz CT molecular complexity index is 525. The first-order valence-electron chi connectivity index (χ1n) is 8.50. The summed E-state index contributed by atoms with van der Waals surface area (Å²) in [6.07, 6.45) is 4.02. The number of hydrogen-bond acceptors (Lipinski definition) is 2. The van der Waals surface area contributed by atoms with Crippen LogP contribution in [-0.2, 0) is 10.2 Å². The van der Waals surface area contributed by atoms with Crippen LogP contribution in [-0.4, -0.2) is 29.7 Å². The quantitative estimate of drug-likeness (QED) is 0.738. The number of amides is 1. The average molecular weight is 338 g/mol. The summed E-state index contributed by atoms with van der Waals surface area (Å²) in [5.74, 6) is 0. The Morgan fingerprint density at radius 3 is 2.26 bits per heavy atom. The molecular weight excluding hydrogens is 310 g/mol. The molecular formula is C19H28ClNO2. The molecule has 0 bridgehead atoms. The Kier molecular flexibility index (Phi) is 5.61. The van der Waals surface area contributed by atoms with Crippen LogP contribution in [0.3, 0.4) is 0 Å². The lowest BCUT2D eigenvalue weighted by Crippen LogP contribution is -2.46. The summed E-state index contributed by atoms with van der Waals surface area (Å²) in [5.41, 5.74) is 1.05. The van der Waals surface area contributed by atoms with Crippen molar-refractivity contribution in [3.63, 3.8) is 0 Å². The second-order valence-electron chi connectivity index (χ2n) is 7.50. The van der Waals surface area contributed by atoms with E-state index in [0.29, 0.717) is 0 Å². The van der Waals surface area contributed by atoms with Crippen LogP contribution >= 0.6 is 11.6 Å². The van der Waals surface area contributed by atoms with Crippen molar-refractivity contribution in [2.75, 3.05) is 13.1 Å². The molecule has 4 heteroatoms. The third-order valence-electron chi connectivity index (χ3n) is 4.56. The first-order valence-corrected chi connectivity index (χ1v) is 8.87. The van der Waals surface area contributed by atoms with Crippen LogP contribution in [0.1, 0.15) is 58.9 Å². The molecule has 0 N–H and O–H groups in total. The molecule has 0 spiro atoms. The van der Waals surface area contributed by atoms with Crippen LogP contribution in [0.5, 0.6) is 0 Å². The number of benzene rings is 1. The predicted octanol–water partition coefficient (Wildman–Crippen LogP) is 5.41. The van der Waals surface area contributed by atoms with Gasteiger partial charge in [-0.2, -0.15) is 0 Å². The number of rotatable bonds is 3. The summed E-state index contributed by atoms with van der Waals surface area (Å²) in [5, 5.41) is 0.770. The minimum Gasteiger partial charge on any atom is -0.444 e. The molecule has 0 unspecified atom stereocenters. The van der Waals surface area contributed by atoms with E-state index in [4.69, 9.17) is 16.3 Å². The van der Waals surface area contributed by atoms with Gasteiger partial charge in [0.2, 0.25) is 0 Å². The van der Waals surface area contributed by atoms with Gasteiger partial charge < -0.3 is 9.64 Å². The fraction of sp³-hybridized carbons (Fsp3) is 0.632. The van der Waals surface area contributed by atoms with E-state index in [2.05, 4.69) is 19.1 Å². The van der Waals surface area contributed by atoms with E-state index in [1.54, 1.807) is 0 Å². The van der Waals surface area contributed by atoms with E-state index in [1.165, 1.54) is 5.56 Å². The highest BCUT2D eigenvalue weighted by molar-refractivity contribution is 6.30. The molecule has 23 heavy (non-hydrogen) atoms. The van der Waals surface area contributed by atoms with E-state index < -0.39 is 5.60 Å². The van der Waals surface area contributed by atoms with Crippen LogP contribution < -0.4 is 0 Å². The summed E-state index contributed by atoms with van der Waals surface area (Å²) in [6, 6.07) is 8.21. The zero-order chi connectivity index (χ0) is 17.1. The molecule has 1 saturated heterocycles. The summed E-state index contributed by atoms with van der Waals surface area (Å²) >= 11 is 6.03. The van der Waals surface area contributed by atoms with Crippen molar-refractivity contribution < 1.29 is 9.53 Å². The van der Waals surface area contributed by atoms with E-state index in [0.717, 1.165) is 43.8 Å². The van der Waals surface area contributed by atoms with Gasteiger partial charge in [-0.15, -0.1) is 0 Å². The average Bonchev–Trinajstić information content (AvgIpc) is 2.47. The molecule has 0 aromatic heterocycles. The number of carbonyl (C=O) groups excluding carboxylic acids is 1. The number of nitrogens with zero attached hydrogens (tertiary/aromatic N) is 1. The highest BCUT2D eigenvalue weighted by Gasteiger charge is 2.37. The van der Waals surface area contributed by atoms with Gasteiger partial charge in [-0.3, -0.25) is 0 Å². The molecule has 1 heterocycles. The van der Waals surface area contributed by atoms with Crippen molar-refractivity contribution in [1.29, 1.82) is 0 Å². The molecule has 0 saturated carbocycles. The first kappa shape index (κ1) is 18.1. The number of likely N-dealkylation sites (tertiary alicyclic amines) is 1. The van der Waals surface area contributed by atoms with Gasteiger partial charge in [-0.05, 0) is 63.1 Å². The van der Waals surface area contributed by atoms with E-state index in [1.807, 2.05) is 37.8 Å². The minimum atomic E-state index is -0.439. The minimum absolute atomic E-state index is 0.151. The molecule has 0 radical (unpaired) electrons. The topological polar surface area (TPSA) is 29.5 Å². The van der Waals surface area contributed by atoms with Crippen molar-refractivity contribution in [1.82, 2.24) is 4.90 Å². The fourth-order valence-corrected chi connectivity index (χ4v) is 3.53. The molecule has 1 aliphatic rings. The Morgan fingerprint density at radius 1 is 1.22 bits per heavy atom. The number of hydrogen-bond donors (Lipinski definition) is 0. The third kappa shape index (κ3) is 4.63. The number of carbonyl (C=O) groups is 1. The molecule has 1 fully saturated rings. The largest absolute Gasteiger partial charge is 0.444 e. The molecule has 1 amide bonds. The zero-order valence-corrected chi connectivity index (χ0v) is 15.4. The van der Waals surface area contributed by atoms with Crippen LogP contribution in [0.15, 0.2) is 24.3 Å². The maximum atomic E-state index is 12.3. The Morgan fingerprint density at radius 2 is 1.78 bits per heavy atom. The lowest BCUT2D eigenvalue weighted by molar-refractivity contribution is 0.0158. The van der Waals surface area contributed by atoms with Crippen molar-refractivity contribution in [3.05, 3.63) is 34.9 Å². The Balaban J connectivity index is 2.09. The first-order chi connectivity index (χ1) is 10.8. The molecule has 1 aliphatic heterocycles.